The van der Waals surface area contributed by atoms with E-state index in [1.165, 1.54) is 5.56 Å². The van der Waals surface area contributed by atoms with Crippen molar-refractivity contribution >= 4 is 11.7 Å². The van der Waals surface area contributed by atoms with Gasteiger partial charge in [-0.1, -0.05) is 48.5 Å². The highest BCUT2D eigenvalue weighted by Crippen LogP contribution is 2.31. The molecule has 0 saturated heterocycles. The number of carbonyl (C=O) groups is 1. The summed E-state index contributed by atoms with van der Waals surface area (Å²) in [5.74, 6) is 0. The minimum atomic E-state index is -0.0219. The van der Waals surface area contributed by atoms with Crippen LogP contribution in [0.5, 0.6) is 0 Å². The van der Waals surface area contributed by atoms with Gasteiger partial charge < -0.3 is 5.32 Å². The van der Waals surface area contributed by atoms with Crippen molar-refractivity contribution in [2.24, 2.45) is 0 Å². The van der Waals surface area contributed by atoms with E-state index >= 15 is 0 Å². The number of anilines is 1. The molecule has 2 aromatic carbocycles. The average Bonchev–Trinajstić information content (AvgIpc) is 2.82. The second kappa shape index (κ2) is 5.37. The molecule has 0 saturated carbocycles. The molecule has 0 fully saturated rings. The van der Waals surface area contributed by atoms with Crippen LogP contribution in [0, 0.1) is 0 Å². The summed E-state index contributed by atoms with van der Waals surface area (Å²) in [6.45, 7) is 2.65. The highest BCUT2D eigenvalue weighted by atomic mass is 16.2. The van der Waals surface area contributed by atoms with Crippen molar-refractivity contribution in [3.8, 4) is 0 Å². The fourth-order valence-corrected chi connectivity index (χ4v) is 2.73. The summed E-state index contributed by atoms with van der Waals surface area (Å²) in [5, 5.41) is 3.00. The van der Waals surface area contributed by atoms with Crippen LogP contribution < -0.4 is 10.2 Å². The van der Waals surface area contributed by atoms with E-state index in [-0.39, 0.29) is 12.1 Å². The van der Waals surface area contributed by atoms with Gasteiger partial charge in [-0.2, -0.15) is 0 Å². The van der Waals surface area contributed by atoms with E-state index in [4.69, 9.17) is 0 Å². The van der Waals surface area contributed by atoms with Crippen LogP contribution in [0.4, 0.5) is 10.5 Å². The van der Waals surface area contributed by atoms with E-state index in [1.807, 2.05) is 53.4 Å². The van der Waals surface area contributed by atoms with Crippen LogP contribution in [-0.2, 0) is 13.0 Å². The zero-order valence-corrected chi connectivity index (χ0v) is 11.5. The summed E-state index contributed by atoms with van der Waals surface area (Å²) >= 11 is 0. The summed E-state index contributed by atoms with van der Waals surface area (Å²) in [4.78, 5) is 14.3. The molecule has 0 bridgehead atoms. The molecular formula is C17H18N2O. The molecule has 2 amide bonds. The Labute approximate surface area is 119 Å². The largest absolute Gasteiger partial charge is 0.334 e. The van der Waals surface area contributed by atoms with E-state index in [1.54, 1.807) is 0 Å². The second-order valence-electron chi connectivity index (χ2n) is 5.20. The molecule has 1 heterocycles. The molecule has 102 valence electrons. The molecule has 1 N–H and O–H groups in total. The Bertz CT molecular complexity index is 609. The quantitative estimate of drug-likeness (QED) is 0.888. The third kappa shape index (κ3) is 2.39. The predicted molar refractivity (Wildman–Crippen MR) is 80.8 cm³/mol. The van der Waals surface area contributed by atoms with Crippen LogP contribution in [0.3, 0.4) is 0 Å². The molecular weight excluding hydrogens is 248 g/mol. The van der Waals surface area contributed by atoms with Gasteiger partial charge >= 0.3 is 6.03 Å². The monoisotopic (exact) mass is 266 g/mol. The molecule has 20 heavy (non-hydrogen) atoms. The number of nitrogens with zero attached hydrogens (tertiary/aromatic N) is 1. The number of nitrogens with one attached hydrogen (secondary N) is 1. The molecule has 1 aliphatic heterocycles. The van der Waals surface area contributed by atoms with Crippen molar-refractivity contribution in [2.75, 3.05) is 4.90 Å². The van der Waals surface area contributed by atoms with Crippen LogP contribution in [-0.4, -0.2) is 12.1 Å². The Kier molecular flexibility index (Phi) is 3.42. The average molecular weight is 266 g/mol. The molecule has 0 radical (unpaired) electrons. The first kappa shape index (κ1) is 12.7. The predicted octanol–water partition coefficient (Wildman–Crippen LogP) is 3.35. The lowest BCUT2D eigenvalue weighted by molar-refractivity contribution is 0.244. The number of fused-ring (bicyclic) bond motifs is 1. The van der Waals surface area contributed by atoms with Gasteiger partial charge in [-0.25, -0.2) is 4.79 Å². The van der Waals surface area contributed by atoms with Gasteiger partial charge in [0.05, 0.1) is 0 Å². The maximum atomic E-state index is 12.4. The second-order valence-corrected chi connectivity index (χ2v) is 5.20. The van der Waals surface area contributed by atoms with Crippen molar-refractivity contribution in [1.82, 2.24) is 5.32 Å². The molecule has 3 heteroatoms. The number of amides is 2. The standard InChI is InChI=1S/C17H18N2O/c1-13-11-15-9-5-6-10-16(15)19(13)17(20)18-12-14-7-3-2-4-8-14/h2-10,13H,11-12H2,1H3,(H,18,20). The van der Waals surface area contributed by atoms with Crippen molar-refractivity contribution in [2.45, 2.75) is 25.9 Å². The van der Waals surface area contributed by atoms with E-state index in [0.29, 0.717) is 6.54 Å². The first-order chi connectivity index (χ1) is 9.75. The molecule has 2 aromatic rings. The van der Waals surface area contributed by atoms with Crippen molar-refractivity contribution in [3.05, 3.63) is 65.7 Å². The lowest BCUT2D eigenvalue weighted by Crippen LogP contribution is -2.42. The summed E-state index contributed by atoms with van der Waals surface area (Å²) in [6, 6.07) is 18.3. The van der Waals surface area contributed by atoms with Gasteiger partial charge in [0.15, 0.2) is 0 Å². The molecule has 1 aliphatic rings. The maximum absolute atomic E-state index is 12.4. The number of hydrogen-bond donors (Lipinski definition) is 1. The number of hydrogen-bond acceptors (Lipinski definition) is 1. The number of benzene rings is 2. The Hall–Kier alpha value is -2.29. The van der Waals surface area contributed by atoms with Gasteiger partial charge in [-0.3, -0.25) is 4.90 Å². The fraction of sp³-hybridized carbons (Fsp3) is 0.235. The molecule has 1 atom stereocenters. The normalized spacial score (nSPS) is 16.9. The highest BCUT2D eigenvalue weighted by Gasteiger charge is 2.30. The lowest BCUT2D eigenvalue weighted by atomic mass is 10.1. The van der Waals surface area contributed by atoms with E-state index in [9.17, 15) is 4.79 Å². The van der Waals surface area contributed by atoms with Crippen LogP contribution in [0.2, 0.25) is 0 Å². The van der Waals surface area contributed by atoms with Crippen LogP contribution in [0.1, 0.15) is 18.1 Å². The van der Waals surface area contributed by atoms with E-state index in [0.717, 1.165) is 17.7 Å². The Balaban J connectivity index is 1.71. The maximum Gasteiger partial charge on any atom is 0.322 e. The smallest absolute Gasteiger partial charge is 0.322 e. The van der Waals surface area contributed by atoms with Gasteiger partial charge in [-0.15, -0.1) is 0 Å². The lowest BCUT2D eigenvalue weighted by Gasteiger charge is -2.23. The fourth-order valence-electron chi connectivity index (χ4n) is 2.73. The topological polar surface area (TPSA) is 32.3 Å². The van der Waals surface area contributed by atoms with Crippen molar-refractivity contribution < 1.29 is 4.79 Å². The third-order valence-electron chi connectivity index (χ3n) is 3.71. The minimum absolute atomic E-state index is 0.0219. The summed E-state index contributed by atoms with van der Waals surface area (Å²) in [7, 11) is 0. The number of urea groups is 1. The van der Waals surface area contributed by atoms with Crippen LogP contribution in [0.25, 0.3) is 0 Å². The van der Waals surface area contributed by atoms with E-state index < -0.39 is 0 Å². The van der Waals surface area contributed by atoms with Gasteiger partial charge in [0.2, 0.25) is 0 Å². The Morgan fingerprint density at radius 1 is 1.15 bits per heavy atom. The van der Waals surface area contributed by atoms with Gasteiger partial charge in [0.25, 0.3) is 0 Å². The van der Waals surface area contributed by atoms with Crippen LogP contribution in [0.15, 0.2) is 54.6 Å². The van der Waals surface area contributed by atoms with Gasteiger partial charge in [-0.05, 0) is 30.5 Å². The number of carbonyl (C=O) groups excluding carboxylic acids is 1. The highest BCUT2D eigenvalue weighted by molar-refractivity contribution is 5.94. The van der Waals surface area contributed by atoms with Crippen molar-refractivity contribution in [3.63, 3.8) is 0 Å². The summed E-state index contributed by atoms with van der Waals surface area (Å²) in [6.07, 6.45) is 0.926. The Morgan fingerprint density at radius 2 is 1.85 bits per heavy atom. The number of para-hydroxylation sites is 1. The third-order valence-corrected chi connectivity index (χ3v) is 3.71. The minimum Gasteiger partial charge on any atom is -0.334 e. The first-order valence-corrected chi connectivity index (χ1v) is 6.94. The SMILES string of the molecule is CC1Cc2ccccc2N1C(=O)NCc1ccccc1. The van der Waals surface area contributed by atoms with Crippen LogP contribution >= 0.6 is 0 Å². The molecule has 0 spiro atoms. The summed E-state index contributed by atoms with van der Waals surface area (Å²) < 4.78 is 0. The Morgan fingerprint density at radius 3 is 2.65 bits per heavy atom. The zero-order valence-electron chi connectivity index (χ0n) is 11.5. The molecule has 1 unspecified atom stereocenters. The van der Waals surface area contributed by atoms with Gasteiger partial charge in [0.1, 0.15) is 0 Å². The molecule has 3 nitrogen and oxygen atoms in total. The summed E-state index contributed by atoms with van der Waals surface area (Å²) in [5.41, 5.74) is 3.39. The molecule has 0 aliphatic carbocycles. The first-order valence-electron chi connectivity index (χ1n) is 6.94. The number of rotatable bonds is 2. The van der Waals surface area contributed by atoms with E-state index in [2.05, 4.69) is 18.3 Å². The van der Waals surface area contributed by atoms with Gasteiger partial charge in [0, 0.05) is 18.3 Å². The molecule has 0 aromatic heterocycles. The molecule has 3 rings (SSSR count). The van der Waals surface area contributed by atoms with Crippen molar-refractivity contribution in [1.29, 1.82) is 0 Å². The zero-order chi connectivity index (χ0) is 13.9.